The van der Waals surface area contributed by atoms with Crippen molar-refractivity contribution in [3.63, 3.8) is 0 Å². The second-order valence-corrected chi connectivity index (χ2v) is 4.43. The van der Waals surface area contributed by atoms with Crippen LogP contribution in [0.1, 0.15) is 12.6 Å². The van der Waals surface area contributed by atoms with Crippen molar-refractivity contribution >= 4 is 11.4 Å². The minimum atomic E-state index is -4.49. The number of aromatic nitrogens is 3. The van der Waals surface area contributed by atoms with Crippen molar-refractivity contribution in [3.05, 3.63) is 36.4 Å². The summed E-state index contributed by atoms with van der Waals surface area (Å²) in [6.07, 6.45) is -0.0777. The lowest BCUT2D eigenvalue weighted by molar-refractivity contribution is -0.141. The van der Waals surface area contributed by atoms with Crippen molar-refractivity contribution in [1.82, 2.24) is 14.8 Å². The molecule has 0 spiro atoms. The maximum absolute atomic E-state index is 12.6. The van der Waals surface area contributed by atoms with Crippen LogP contribution in [0.25, 0.3) is 0 Å². The first-order chi connectivity index (χ1) is 9.36. The molecule has 8 heteroatoms. The minimum Gasteiger partial charge on any atom is -0.396 e. The number of hydrogen-bond acceptors (Lipinski definition) is 4. The van der Waals surface area contributed by atoms with E-state index in [1.165, 1.54) is 0 Å². The summed E-state index contributed by atoms with van der Waals surface area (Å²) in [5.41, 5.74) is 5.05. The highest BCUT2D eigenvalue weighted by molar-refractivity contribution is 5.65. The van der Waals surface area contributed by atoms with Gasteiger partial charge in [0.05, 0.1) is 24.1 Å². The zero-order valence-corrected chi connectivity index (χ0v) is 10.7. The fraction of sp³-hybridized carbons (Fsp3) is 0.333. The third-order valence-electron chi connectivity index (χ3n) is 2.65. The highest BCUT2D eigenvalue weighted by atomic mass is 19.4. The summed E-state index contributed by atoms with van der Waals surface area (Å²) in [6.45, 7) is 2.34. The van der Waals surface area contributed by atoms with Crippen molar-refractivity contribution in [2.45, 2.75) is 25.7 Å². The molecule has 0 fully saturated rings. The Hall–Kier alpha value is -2.25. The van der Waals surface area contributed by atoms with Crippen molar-refractivity contribution in [2.75, 3.05) is 11.1 Å². The first-order valence-electron chi connectivity index (χ1n) is 5.93. The molecule has 2 heterocycles. The Bertz CT molecular complexity index is 565. The van der Waals surface area contributed by atoms with Gasteiger partial charge in [-0.25, -0.2) is 4.98 Å². The number of alkyl halides is 3. The van der Waals surface area contributed by atoms with Crippen LogP contribution in [0, 0.1) is 0 Å². The molecule has 0 saturated heterocycles. The van der Waals surface area contributed by atoms with E-state index in [9.17, 15) is 13.2 Å². The summed E-state index contributed by atoms with van der Waals surface area (Å²) in [6, 6.07) is 2.55. The first-order valence-corrected chi connectivity index (χ1v) is 5.93. The average Bonchev–Trinajstić information content (AvgIpc) is 2.83. The Labute approximate surface area is 113 Å². The molecular formula is C12H14F3N5. The van der Waals surface area contributed by atoms with Gasteiger partial charge in [0.25, 0.3) is 0 Å². The molecule has 0 aliphatic heterocycles. The van der Waals surface area contributed by atoms with Gasteiger partial charge in [-0.05, 0) is 19.1 Å². The van der Waals surface area contributed by atoms with Gasteiger partial charge in [-0.3, -0.25) is 4.68 Å². The highest BCUT2D eigenvalue weighted by Crippen LogP contribution is 2.31. The van der Waals surface area contributed by atoms with Crippen LogP contribution in [0.5, 0.6) is 0 Å². The molecule has 0 radical (unpaired) electrons. The topological polar surface area (TPSA) is 68.8 Å². The number of rotatable bonds is 4. The van der Waals surface area contributed by atoms with Gasteiger partial charge in [-0.15, -0.1) is 0 Å². The molecule has 0 bridgehead atoms. The number of pyridine rings is 1. The molecule has 1 unspecified atom stereocenters. The van der Waals surface area contributed by atoms with E-state index >= 15 is 0 Å². The molecule has 2 aromatic rings. The molecule has 0 aliphatic rings. The van der Waals surface area contributed by atoms with Crippen LogP contribution in [0.2, 0.25) is 0 Å². The first kappa shape index (κ1) is 14.2. The van der Waals surface area contributed by atoms with Crippen LogP contribution < -0.4 is 11.1 Å². The fourth-order valence-electron chi connectivity index (χ4n) is 1.75. The molecule has 108 valence electrons. The van der Waals surface area contributed by atoms with Gasteiger partial charge < -0.3 is 11.1 Å². The third kappa shape index (κ3) is 3.40. The van der Waals surface area contributed by atoms with E-state index in [-0.39, 0.29) is 17.4 Å². The number of anilines is 2. The second kappa shape index (κ2) is 5.40. The van der Waals surface area contributed by atoms with E-state index in [1.54, 1.807) is 23.1 Å². The van der Waals surface area contributed by atoms with Crippen LogP contribution >= 0.6 is 0 Å². The summed E-state index contributed by atoms with van der Waals surface area (Å²) in [4.78, 5) is 3.29. The second-order valence-electron chi connectivity index (χ2n) is 4.43. The van der Waals surface area contributed by atoms with Gasteiger partial charge in [-0.1, -0.05) is 0 Å². The van der Waals surface area contributed by atoms with Gasteiger partial charge in [0, 0.05) is 18.4 Å². The lowest BCUT2D eigenvalue weighted by atomic mass is 10.2. The Balaban J connectivity index is 2.12. The van der Waals surface area contributed by atoms with Crippen LogP contribution in [0.4, 0.5) is 24.5 Å². The van der Waals surface area contributed by atoms with Gasteiger partial charge >= 0.3 is 6.18 Å². The number of nitrogens with two attached hydrogens (primary N) is 1. The number of hydrogen-bond donors (Lipinski definition) is 2. The summed E-state index contributed by atoms with van der Waals surface area (Å²) in [5, 5.41) is 6.97. The smallest absolute Gasteiger partial charge is 0.396 e. The van der Waals surface area contributed by atoms with Crippen LogP contribution in [0.15, 0.2) is 30.7 Å². The van der Waals surface area contributed by atoms with Gasteiger partial charge in [-0.2, -0.15) is 18.3 Å². The Kier molecular flexibility index (Phi) is 3.82. The maximum Gasteiger partial charge on any atom is 0.433 e. The largest absolute Gasteiger partial charge is 0.433 e. The molecule has 1 atom stereocenters. The molecule has 0 saturated carbocycles. The van der Waals surface area contributed by atoms with Crippen molar-refractivity contribution < 1.29 is 13.2 Å². The van der Waals surface area contributed by atoms with Gasteiger partial charge in [0.15, 0.2) is 0 Å². The lowest BCUT2D eigenvalue weighted by Crippen LogP contribution is -2.23. The number of nitrogens with zero attached hydrogens (tertiary/aromatic N) is 3. The third-order valence-corrected chi connectivity index (χ3v) is 2.65. The average molecular weight is 285 g/mol. The summed E-state index contributed by atoms with van der Waals surface area (Å²) in [7, 11) is 0. The molecule has 3 N–H and O–H groups in total. The van der Waals surface area contributed by atoms with Crippen LogP contribution in [-0.2, 0) is 12.7 Å². The molecule has 0 amide bonds. The molecule has 20 heavy (non-hydrogen) atoms. The maximum atomic E-state index is 12.6. The molecule has 2 aromatic heterocycles. The fourth-order valence-corrected chi connectivity index (χ4v) is 1.75. The summed E-state index contributed by atoms with van der Waals surface area (Å²) in [5.74, 6) is 0. The molecule has 0 aliphatic carbocycles. The Morgan fingerprint density at radius 2 is 2.20 bits per heavy atom. The van der Waals surface area contributed by atoms with Crippen molar-refractivity contribution in [2.24, 2.45) is 0 Å². The summed E-state index contributed by atoms with van der Waals surface area (Å²) < 4.78 is 39.5. The normalized spacial score (nSPS) is 13.2. The lowest BCUT2D eigenvalue weighted by Gasteiger charge is -2.18. The summed E-state index contributed by atoms with van der Waals surface area (Å²) >= 11 is 0. The van der Waals surface area contributed by atoms with Crippen LogP contribution in [-0.4, -0.2) is 20.8 Å². The van der Waals surface area contributed by atoms with E-state index < -0.39 is 11.9 Å². The minimum absolute atomic E-state index is 0.138. The van der Waals surface area contributed by atoms with E-state index in [0.717, 1.165) is 12.3 Å². The SMILES string of the molecule is CC(Cn1cccn1)Nc1cc(C(F)(F)F)ncc1N. The van der Waals surface area contributed by atoms with Crippen molar-refractivity contribution in [1.29, 1.82) is 0 Å². The number of nitrogens with one attached hydrogen (secondary N) is 1. The van der Waals surface area contributed by atoms with Gasteiger partial charge in [0.1, 0.15) is 5.69 Å². The van der Waals surface area contributed by atoms with E-state index in [4.69, 9.17) is 5.73 Å². The highest BCUT2D eigenvalue weighted by Gasteiger charge is 2.33. The molecule has 0 aromatic carbocycles. The molecule has 2 rings (SSSR count). The van der Waals surface area contributed by atoms with E-state index in [2.05, 4.69) is 15.4 Å². The van der Waals surface area contributed by atoms with Crippen LogP contribution in [0.3, 0.4) is 0 Å². The predicted octanol–water partition coefficient (Wildman–Crippen LogP) is 2.38. The van der Waals surface area contributed by atoms with E-state index in [0.29, 0.717) is 6.54 Å². The Morgan fingerprint density at radius 3 is 2.80 bits per heavy atom. The predicted molar refractivity (Wildman–Crippen MR) is 69.0 cm³/mol. The van der Waals surface area contributed by atoms with E-state index in [1.807, 2.05) is 6.92 Å². The number of halogens is 3. The monoisotopic (exact) mass is 285 g/mol. The standard InChI is InChI=1S/C12H14F3N5/c1-8(7-20-4-2-3-18-20)19-10-5-11(12(13,14)15)17-6-9(10)16/h2-6,8H,7,16H2,1H3,(H,17,19). The molecular weight excluding hydrogens is 271 g/mol. The zero-order valence-electron chi connectivity index (χ0n) is 10.7. The molecule has 5 nitrogen and oxygen atoms in total. The number of nitrogen functional groups attached to an aromatic ring is 1. The zero-order chi connectivity index (χ0) is 14.8. The van der Waals surface area contributed by atoms with Gasteiger partial charge in [0.2, 0.25) is 0 Å². The quantitative estimate of drug-likeness (QED) is 0.905. The van der Waals surface area contributed by atoms with Crippen molar-refractivity contribution in [3.8, 4) is 0 Å². The Morgan fingerprint density at radius 1 is 1.45 bits per heavy atom.